The molecule has 0 spiro atoms. The third kappa shape index (κ3) is 4.40. The molecule has 0 saturated heterocycles. The maximum atomic E-state index is 11.5. The Kier molecular flexibility index (Phi) is 4.43. The van der Waals surface area contributed by atoms with Crippen molar-refractivity contribution in [2.45, 2.75) is 13.3 Å². The second-order valence-corrected chi connectivity index (χ2v) is 6.27. The molecule has 3 nitrogen and oxygen atoms in total. The zero-order valence-corrected chi connectivity index (χ0v) is 11.3. The summed E-state index contributed by atoms with van der Waals surface area (Å²) in [5, 5.41) is 0.485. The van der Waals surface area contributed by atoms with Crippen molar-refractivity contribution in [3.63, 3.8) is 0 Å². The third-order valence-corrected chi connectivity index (χ3v) is 3.78. The summed E-state index contributed by atoms with van der Waals surface area (Å²) < 4.78 is 26.1. The van der Waals surface area contributed by atoms with Gasteiger partial charge in [-0.25, -0.2) is 8.42 Å². The number of hydrogen-bond acceptors (Lipinski definition) is 2. The molecule has 0 unspecified atom stereocenters. The van der Waals surface area contributed by atoms with Crippen molar-refractivity contribution in [1.29, 1.82) is 0 Å². The molecule has 15 heavy (non-hydrogen) atoms. The predicted octanol–water partition coefficient (Wildman–Crippen LogP) is 3.25. The van der Waals surface area contributed by atoms with Crippen molar-refractivity contribution in [2.24, 2.45) is 0 Å². The highest BCUT2D eigenvalue weighted by molar-refractivity contribution is 9.10. The molecule has 0 fully saturated rings. The van der Waals surface area contributed by atoms with Crippen molar-refractivity contribution in [1.82, 2.24) is 0 Å². The van der Waals surface area contributed by atoms with Crippen LogP contribution in [0.3, 0.4) is 0 Å². The van der Waals surface area contributed by atoms with Gasteiger partial charge in [-0.1, -0.05) is 34.5 Å². The van der Waals surface area contributed by atoms with Gasteiger partial charge in [-0.2, -0.15) is 0 Å². The number of hydrogen-bond donors (Lipinski definition) is 1. The van der Waals surface area contributed by atoms with Crippen molar-refractivity contribution in [3.05, 3.63) is 27.7 Å². The number of rotatable bonds is 4. The molecule has 0 radical (unpaired) electrons. The van der Waals surface area contributed by atoms with Crippen LogP contribution in [0.4, 0.5) is 5.69 Å². The average Bonchev–Trinajstić information content (AvgIpc) is 1.99. The van der Waals surface area contributed by atoms with Crippen LogP contribution in [0.25, 0.3) is 0 Å². The summed E-state index contributed by atoms with van der Waals surface area (Å²) in [5.41, 5.74) is 0.475. The summed E-state index contributed by atoms with van der Waals surface area (Å²) in [5.74, 6) is 0.108. The minimum atomic E-state index is -3.25. The molecule has 0 aliphatic heterocycles. The Morgan fingerprint density at radius 2 is 2.07 bits per heavy atom. The van der Waals surface area contributed by atoms with E-state index in [1.165, 1.54) is 0 Å². The molecule has 1 aromatic rings. The molecule has 0 heterocycles. The van der Waals surface area contributed by atoms with Crippen LogP contribution >= 0.6 is 27.5 Å². The Hall–Kier alpha value is -0.260. The van der Waals surface area contributed by atoms with E-state index < -0.39 is 10.0 Å². The first-order chi connectivity index (χ1) is 6.93. The Morgan fingerprint density at radius 1 is 1.40 bits per heavy atom. The minimum absolute atomic E-state index is 0.108. The third-order valence-electron chi connectivity index (χ3n) is 1.61. The average molecular weight is 313 g/mol. The molecule has 84 valence electrons. The van der Waals surface area contributed by atoms with Gasteiger partial charge in [0.15, 0.2) is 0 Å². The Bertz CT molecular complexity index is 427. The van der Waals surface area contributed by atoms with Crippen LogP contribution in [0.15, 0.2) is 22.7 Å². The number of halogens is 2. The van der Waals surface area contributed by atoms with E-state index in [-0.39, 0.29) is 5.75 Å². The van der Waals surface area contributed by atoms with Crippen LogP contribution in [0.5, 0.6) is 0 Å². The number of anilines is 1. The zero-order chi connectivity index (χ0) is 11.5. The first-order valence-corrected chi connectivity index (χ1v) is 7.22. The van der Waals surface area contributed by atoms with Crippen molar-refractivity contribution in [3.8, 4) is 0 Å². The normalized spacial score (nSPS) is 11.4. The molecule has 1 N–H and O–H groups in total. The van der Waals surface area contributed by atoms with Crippen molar-refractivity contribution < 1.29 is 8.42 Å². The molecule has 6 heteroatoms. The quantitative estimate of drug-likeness (QED) is 0.927. The van der Waals surface area contributed by atoms with Crippen LogP contribution in [0, 0.1) is 0 Å². The number of benzene rings is 1. The lowest BCUT2D eigenvalue weighted by atomic mass is 10.3. The number of nitrogens with one attached hydrogen (secondary N) is 1. The summed E-state index contributed by atoms with van der Waals surface area (Å²) in [6.45, 7) is 1.81. The Labute approximate surface area is 103 Å². The molecule has 0 aliphatic carbocycles. The highest BCUT2D eigenvalue weighted by Crippen LogP contribution is 2.23. The fourth-order valence-corrected chi connectivity index (χ4v) is 3.09. The van der Waals surface area contributed by atoms with Crippen LogP contribution in [-0.2, 0) is 10.0 Å². The minimum Gasteiger partial charge on any atom is -0.283 e. The van der Waals surface area contributed by atoms with E-state index in [4.69, 9.17) is 11.6 Å². The van der Waals surface area contributed by atoms with E-state index in [2.05, 4.69) is 20.7 Å². The van der Waals surface area contributed by atoms with Gasteiger partial charge in [0.2, 0.25) is 10.0 Å². The summed E-state index contributed by atoms with van der Waals surface area (Å²) in [4.78, 5) is 0. The molecule has 1 rings (SSSR count). The highest BCUT2D eigenvalue weighted by Gasteiger charge is 2.09. The van der Waals surface area contributed by atoms with Gasteiger partial charge in [-0.05, 0) is 24.6 Å². The van der Waals surface area contributed by atoms with E-state index in [9.17, 15) is 8.42 Å². The van der Waals surface area contributed by atoms with Crippen molar-refractivity contribution in [2.75, 3.05) is 10.5 Å². The highest BCUT2D eigenvalue weighted by atomic mass is 79.9. The second kappa shape index (κ2) is 5.18. The van der Waals surface area contributed by atoms with Gasteiger partial charge in [0, 0.05) is 9.50 Å². The first-order valence-electron chi connectivity index (χ1n) is 4.39. The summed E-state index contributed by atoms with van der Waals surface area (Å²) in [6, 6.07) is 4.93. The molecule has 0 amide bonds. The van der Waals surface area contributed by atoms with E-state index in [1.807, 2.05) is 6.92 Å². The maximum Gasteiger partial charge on any atom is 0.232 e. The Balaban J connectivity index is 2.90. The SMILES string of the molecule is CCCS(=O)(=O)Nc1cc(Cl)cc(Br)c1. The van der Waals surface area contributed by atoms with Gasteiger partial charge in [-0.15, -0.1) is 0 Å². The summed E-state index contributed by atoms with van der Waals surface area (Å²) in [6.07, 6.45) is 0.580. The lowest BCUT2D eigenvalue weighted by molar-refractivity contribution is 0.600. The molecule has 0 aliphatic rings. The van der Waals surface area contributed by atoms with Gasteiger partial charge in [-0.3, -0.25) is 4.72 Å². The largest absolute Gasteiger partial charge is 0.283 e. The van der Waals surface area contributed by atoms with E-state index >= 15 is 0 Å². The fourth-order valence-electron chi connectivity index (χ4n) is 1.11. The lowest BCUT2D eigenvalue weighted by Crippen LogP contribution is -2.15. The molecule has 1 aromatic carbocycles. The van der Waals surface area contributed by atoms with Crippen molar-refractivity contribution >= 4 is 43.2 Å². The zero-order valence-electron chi connectivity index (χ0n) is 8.13. The van der Waals surface area contributed by atoms with Crippen LogP contribution in [0.2, 0.25) is 5.02 Å². The summed E-state index contributed by atoms with van der Waals surface area (Å²) >= 11 is 9.03. The molecular formula is C9H11BrClNO2S. The first kappa shape index (κ1) is 12.8. The fraction of sp³-hybridized carbons (Fsp3) is 0.333. The Morgan fingerprint density at radius 3 is 2.60 bits per heavy atom. The second-order valence-electron chi connectivity index (χ2n) is 3.08. The van der Waals surface area contributed by atoms with E-state index in [0.29, 0.717) is 17.1 Å². The van der Waals surface area contributed by atoms with E-state index in [0.717, 1.165) is 4.47 Å². The van der Waals surface area contributed by atoms with Gasteiger partial charge in [0.05, 0.1) is 11.4 Å². The van der Waals surface area contributed by atoms with Crippen LogP contribution in [-0.4, -0.2) is 14.2 Å². The monoisotopic (exact) mass is 311 g/mol. The van der Waals surface area contributed by atoms with Gasteiger partial charge in [0.25, 0.3) is 0 Å². The lowest BCUT2D eigenvalue weighted by Gasteiger charge is -2.07. The molecule has 0 atom stereocenters. The predicted molar refractivity (Wildman–Crippen MR) is 66.9 cm³/mol. The van der Waals surface area contributed by atoms with Gasteiger partial charge >= 0.3 is 0 Å². The molecule has 0 aromatic heterocycles. The molecule has 0 saturated carbocycles. The standard InChI is InChI=1S/C9H11BrClNO2S/c1-2-3-15(13,14)12-9-5-7(10)4-8(11)6-9/h4-6,12H,2-3H2,1H3. The summed E-state index contributed by atoms with van der Waals surface area (Å²) in [7, 11) is -3.25. The topological polar surface area (TPSA) is 46.2 Å². The van der Waals surface area contributed by atoms with Gasteiger partial charge in [0.1, 0.15) is 0 Å². The smallest absolute Gasteiger partial charge is 0.232 e. The molecular weight excluding hydrogens is 302 g/mol. The van der Waals surface area contributed by atoms with Crippen LogP contribution < -0.4 is 4.72 Å². The van der Waals surface area contributed by atoms with Gasteiger partial charge < -0.3 is 0 Å². The van der Waals surface area contributed by atoms with Crippen LogP contribution in [0.1, 0.15) is 13.3 Å². The maximum absolute atomic E-state index is 11.5. The molecule has 0 bridgehead atoms. The number of sulfonamides is 1. The van der Waals surface area contributed by atoms with E-state index in [1.54, 1.807) is 18.2 Å².